The first-order chi connectivity index (χ1) is 12.6. The quantitative estimate of drug-likeness (QED) is 0.901. The van der Waals surface area contributed by atoms with Crippen molar-refractivity contribution in [2.75, 3.05) is 19.7 Å². The lowest BCUT2D eigenvalue weighted by Gasteiger charge is -2.50. The lowest BCUT2D eigenvalue weighted by Crippen LogP contribution is -2.66. The standard InChI is InChI=1S/C21H23ClN2O2/c1-15-6-5-9-18(22)17(15)12-24-11-10-21(16-7-3-2-4-8-16)19(13-24)26-14-20(25)23-21/h2-9,19H,10-14H2,1H3,(H,23,25)/t19-,21+/m1/s1. The summed E-state index contributed by atoms with van der Waals surface area (Å²) in [5.41, 5.74) is 3.05. The number of halogens is 1. The van der Waals surface area contributed by atoms with Crippen LogP contribution in [0.25, 0.3) is 0 Å². The van der Waals surface area contributed by atoms with Crippen LogP contribution in [-0.2, 0) is 21.6 Å². The molecular weight excluding hydrogens is 348 g/mol. The first kappa shape index (κ1) is 17.5. The van der Waals surface area contributed by atoms with E-state index in [9.17, 15) is 4.79 Å². The van der Waals surface area contributed by atoms with E-state index < -0.39 is 5.54 Å². The van der Waals surface area contributed by atoms with Crippen molar-refractivity contribution in [3.8, 4) is 0 Å². The minimum atomic E-state index is -0.442. The SMILES string of the molecule is Cc1cccc(Cl)c1CN1CC[C@@]2(c3ccccc3)NC(=O)CO[C@@H]2C1. The van der Waals surface area contributed by atoms with E-state index in [-0.39, 0.29) is 18.6 Å². The number of hydrogen-bond acceptors (Lipinski definition) is 3. The molecule has 0 saturated carbocycles. The lowest BCUT2D eigenvalue weighted by atomic mass is 9.77. The second-order valence-corrected chi connectivity index (χ2v) is 7.61. The van der Waals surface area contributed by atoms with Crippen LogP contribution < -0.4 is 5.32 Å². The summed E-state index contributed by atoms with van der Waals surface area (Å²) in [6.07, 6.45) is 0.746. The summed E-state index contributed by atoms with van der Waals surface area (Å²) >= 11 is 6.41. The molecule has 2 heterocycles. The van der Waals surface area contributed by atoms with Gasteiger partial charge in [-0.3, -0.25) is 9.69 Å². The number of rotatable bonds is 3. The normalized spacial score (nSPS) is 26.2. The number of aryl methyl sites for hydroxylation is 1. The van der Waals surface area contributed by atoms with Crippen LogP contribution in [0.5, 0.6) is 0 Å². The average molecular weight is 371 g/mol. The summed E-state index contributed by atoms with van der Waals surface area (Å²) in [5, 5.41) is 4.05. The maximum absolute atomic E-state index is 12.1. The zero-order valence-electron chi connectivity index (χ0n) is 14.9. The van der Waals surface area contributed by atoms with Gasteiger partial charge in [-0.05, 0) is 36.1 Å². The van der Waals surface area contributed by atoms with E-state index >= 15 is 0 Å². The summed E-state index contributed by atoms with van der Waals surface area (Å²) in [4.78, 5) is 14.5. The van der Waals surface area contributed by atoms with Crippen molar-refractivity contribution in [2.45, 2.75) is 31.5 Å². The Hall–Kier alpha value is -1.88. The minimum Gasteiger partial charge on any atom is -0.364 e. The van der Waals surface area contributed by atoms with Crippen molar-refractivity contribution >= 4 is 17.5 Å². The Balaban J connectivity index is 1.59. The van der Waals surface area contributed by atoms with Gasteiger partial charge in [0.25, 0.3) is 0 Å². The summed E-state index contributed by atoms with van der Waals surface area (Å²) in [6, 6.07) is 16.2. The van der Waals surface area contributed by atoms with Crippen molar-refractivity contribution in [2.24, 2.45) is 0 Å². The van der Waals surface area contributed by atoms with E-state index in [2.05, 4.69) is 35.3 Å². The third-order valence-electron chi connectivity index (χ3n) is 5.60. The van der Waals surface area contributed by atoms with Gasteiger partial charge in [0.2, 0.25) is 5.91 Å². The molecular formula is C21H23ClN2O2. The second-order valence-electron chi connectivity index (χ2n) is 7.21. The van der Waals surface area contributed by atoms with Crippen molar-refractivity contribution in [1.82, 2.24) is 10.2 Å². The van der Waals surface area contributed by atoms with E-state index in [1.165, 1.54) is 11.1 Å². The van der Waals surface area contributed by atoms with Crippen LogP contribution >= 0.6 is 11.6 Å². The van der Waals surface area contributed by atoms with Gasteiger partial charge in [-0.15, -0.1) is 0 Å². The summed E-state index contributed by atoms with van der Waals surface area (Å²) in [6.45, 7) is 4.65. The number of ether oxygens (including phenoxy) is 1. The van der Waals surface area contributed by atoms with Gasteiger partial charge < -0.3 is 10.1 Å². The Labute approximate surface area is 159 Å². The van der Waals surface area contributed by atoms with Gasteiger partial charge in [0.15, 0.2) is 0 Å². The number of carbonyl (C=O) groups is 1. The molecule has 2 fully saturated rings. The predicted octanol–water partition coefficient (Wildman–Crippen LogP) is 3.26. The van der Waals surface area contributed by atoms with Crippen LogP contribution in [0.2, 0.25) is 5.02 Å². The maximum Gasteiger partial charge on any atom is 0.246 e. The largest absolute Gasteiger partial charge is 0.364 e. The second kappa shape index (κ2) is 7.03. The molecule has 2 saturated heterocycles. The average Bonchev–Trinajstić information content (AvgIpc) is 2.65. The Morgan fingerprint density at radius 1 is 1.23 bits per heavy atom. The van der Waals surface area contributed by atoms with Gasteiger partial charge in [-0.25, -0.2) is 0 Å². The number of likely N-dealkylation sites (tertiary alicyclic amines) is 1. The number of fused-ring (bicyclic) bond motifs is 1. The maximum atomic E-state index is 12.1. The highest BCUT2D eigenvalue weighted by atomic mass is 35.5. The number of nitrogens with one attached hydrogen (secondary N) is 1. The fourth-order valence-corrected chi connectivity index (χ4v) is 4.43. The zero-order chi connectivity index (χ0) is 18.1. The minimum absolute atomic E-state index is 0.0412. The Bertz CT molecular complexity index is 791. The van der Waals surface area contributed by atoms with Crippen molar-refractivity contribution < 1.29 is 9.53 Å². The molecule has 136 valence electrons. The highest BCUT2D eigenvalue weighted by Crippen LogP contribution is 2.37. The molecule has 0 unspecified atom stereocenters. The molecule has 0 aromatic heterocycles. The van der Waals surface area contributed by atoms with E-state index in [1.807, 2.05) is 30.3 Å². The first-order valence-corrected chi connectivity index (χ1v) is 9.41. The summed E-state index contributed by atoms with van der Waals surface area (Å²) in [7, 11) is 0. The third-order valence-corrected chi connectivity index (χ3v) is 5.95. The fourth-order valence-electron chi connectivity index (χ4n) is 4.15. The van der Waals surface area contributed by atoms with Gasteiger partial charge in [0.05, 0.1) is 11.6 Å². The number of benzene rings is 2. The Morgan fingerprint density at radius 3 is 2.81 bits per heavy atom. The van der Waals surface area contributed by atoms with E-state index in [0.29, 0.717) is 0 Å². The number of morpholine rings is 1. The van der Waals surface area contributed by atoms with Crippen LogP contribution in [-0.4, -0.2) is 36.6 Å². The molecule has 5 heteroatoms. The van der Waals surface area contributed by atoms with Gasteiger partial charge in [0, 0.05) is 24.7 Å². The molecule has 2 aliphatic heterocycles. The monoisotopic (exact) mass is 370 g/mol. The predicted molar refractivity (Wildman–Crippen MR) is 102 cm³/mol. The van der Waals surface area contributed by atoms with Gasteiger partial charge >= 0.3 is 0 Å². The number of piperidine rings is 1. The van der Waals surface area contributed by atoms with Crippen LogP contribution in [0.3, 0.4) is 0 Å². The molecule has 1 N–H and O–H groups in total. The Kier molecular flexibility index (Phi) is 4.74. The smallest absolute Gasteiger partial charge is 0.246 e. The van der Waals surface area contributed by atoms with Gasteiger partial charge in [0.1, 0.15) is 6.61 Å². The van der Waals surface area contributed by atoms with Crippen LogP contribution in [0, 0.1) is 6.92 Å². The number of hydrogen-bond donors (Lipinski definition) is 1. The molecule has 4 nitrogen and oxygen atoms in total. The van der Waals surface area contributed by atoms with Crippen LogP contribution in [0.4, 0.5) is 0 Å². The molecule has 2 aromatic carbocycles. The molecule has 2 atom stereocenters. The van der Waals surface area contributed by atoms with Gasteiger partial charge in [-0.2, -0.15) is 0 Å². The fraction of sp³-hybridized carbons (Fsp3) is 0.381. The molecule has 2 aliphatic rings. The van der Waals surface area contributed by atoms with Gasteiger partial charge in [-0.1, -0.05) is 54.1 Å². The lowest BCUT2D eigenvalue weighted by molar-refractivity contribution is -0.152. The topological polar surface area (TPSA) is 41.6 Å². The summed E-state index contributed by atoms with van der Waals surface area (Å²) < 4.78 is 5.99. The van der Waals surface area contributed by atoms with Crippen molar-refractivity contribution in [1.29, 1.82) is 0 Å². The van der Waals surface area contributed by atoms with E-state index in [1.54, 1.807) is 0 Å². The molecule has 2 aromatic rings. The third kappa shape index (κ3) is 3.13. The molecule has 0 spiro atoms. The van der Waals surface area contributed by atoms with Crippen LogP contribution in [0.15, 0.2) is 48.5 Å². The number of amides is 1. The molecule has 26 heavy (non-hydrogen) atoms. The van der Waals surface area contributed by atoms with Crippen molar-refractivity contribution in [3.05, 3.63) is 70.2 Å². The first-order valence-electron chi connectivity index (χ1n) is 9.03. The number of carbonyl (C=O) groups excluding carboxylic acids is 1. The van der Waals surface area contributed by atoms with Crippen molar-refractivity contribution in [3.63, 3.8) is 0 Å². The Morgan fingerprint density at radius 2 is 2.04 bits per heavy atom. The van der Waals surface area contributed by atoms with E-state index in [0.717, 1.165) is 36.6 Å². The number of nitrogens with zero attached hydrogens (tertiary/aromatic N) is 1. The molecule has 0 radical (unpaired) electrons. The van der Waals surface area contributed by atoms with Crippen LogP contribution in [0.1, 0.15) is 23.1 Å². The summed E-state index contributed by atoms with van der Waals surface area (Å²) in [5.74, 6) is -0.0412. The molecule has 4 rings (SSSR count). The molecule has 1 amide bonds. The highest BCUT2D eigenvalue weighted by Gasteiger charge is 2.48. The zero-order valence-corrected chi connectivity index (χ0v) is 15.6. The van der Waals surface area contributed by atoms with E-state index in [4.69, 9.17) is 16.3 Å². The molecule has 0 aliphatic carbocycles. The molecule has 0 bridgehead atoms. The highest BCUT2D eigenvalue weighted by molar-refractivity contribution is 6.31.